The first-order valence-corrected chi connectivity index (χ1v) is 6.80. The number of anilines is 1. The molecule has 116 valence electrons. The van der Waals surface area contributed by atoms with E-state index in [0.717, 1.165) is 22.7 Å². The topological polar surface area (TPSA) is 56.8 Å². The van der Waals surface area contributed by atoms with Crippen LogP contribution in [0.25, 0.3) is 0 Å². The minimum absolute atomic E-state index is 0.360. The summed E-state index contributed by atoms with van der Waals surface area (Å²) in [6, 6.07) is 14.0. The molecule has 1 unspecified atom stereocenters. The van der Waals surface area contributed by atoms with E-state index in [1.807, 2.05) is 36.4 Å². The summed E-state index contributed by atoms with van der Waals surface area (Å²) in [4.78, 5) is 12.1. The lowest BCUT2D eigenvalue weighted by molar-refractivity contribution is -0.141. The molecule has 0 amide bonds. The maximum absolute atomic E-state index is 12.1. The Hall–Kier alpha value is -2.69. The summed E-state index contributed by atoms with van der Waals surface area (Å²) in [5, 5.41) is 3.16. The summed E-state index contributed by atoms with van der Waals surface area (Å²) in [5.74, 6) is 1.13. The van der Waals surface area contributed by atoms with E-state index < -0.39 is 6.04 Å². The molecule has 0 fully saturated rings. The van der Waals surface area contributed by atoms with Crippen molar-refractivity contribution in [3.05, 3.63) is 54.1 Å². The summed E-state index contributed by atoms with van der Waals surface area (Å²) < 4.78 is 15.1. The molecule has 0 aliphatic carbocycles. The summed E-state index contributed by atoms with van der Waals surface area (Å²) in [7, 11) is 4.58. The second-order valence-corrected chi connectivity index (χ2v) is 4.60. The first-order chi connectivity index (χ1) is 10.7. The van der Waals surface area contributed by atoms with Crippen LogP contribution in [-0.4, -0.2) is 27.3 Å². The average Bonchev–Trinajstić information content (AvgIpc) is 2.59. The highest BCUT2D eigenvalue weighted by molar-refractivity contribution is 5.81. The molecule has 22 heavy (non-hydrogen) atoms. The van der Waals surface area contributed by atoms with Gasteiger partial charge < -0.3 is 19.5 Å². The second kappa shape index (κ2) is 7.36. The number of ether oxygens (including phenoxy) is 3. The fourth-order valence-corrected chi connectivity index (χ4v) is 2.05. The van der Waals surface area contributed by atoms with Crippen molar-refractivity contribution in [2.75, 3.05) is 26.6 Å². The van der Waals surface area contributed by atoms with E-state index >= 15 is 0 Å². The zero-order chi connectivity index (χ0) is 15.9. The highest BCUT2D eigenvalue weighted by atomic mass is 16.5. The minimum atomic E-state index is -0.593. The fraction of sp³-hybridized carbons (Fsp3) is 0.235. The molecule has 0 radical (unpaired) electrons. The van der Waals surface area contributed by atoms with Gasteiger partial charge in [-0.15, -0.1) is 0 Å². The molecule has 5 nitrogen and oxygen atoms in total. The van der Waals surface area contributed by atoms with Gasteiger partial charge in [0, 0.05) is 5.69 Å². The van der Waals surface area contributed by atoms with E-state index in [0.29, 0.717) is 0 Å². The lowest BCUT2D eigenvalue weighted by Gasteiger charge is -2.18. The van der Waals surface area contributed by atoms with Crippen LogP contribution in [0.3, 0.4) is 0 Å². The third-order valence-corrected chi connectivity index (χ3v) is 3.29. The van der Waals surface area contributed by atoms with Gasteiger partial charge in [-0.05, 0) is 42.0 Å². The molecule has 0 saturated heterocycles. The highest BCUT2D eigenvalue weighted by Crippen LogP contribution is 2.24. The van der Waals surface area contributed by atoms with Crippen molar-refractivity contribution >= 4 is 11.7 Å². The van der Waals surface area contributed by atoms with Crippen LogP contribution in [0.15, 0.2) is 48.5 Å². The normalized spacial score (nSPS) is 11.4. The molecule has 5 heteroatoms. The van der Waals surface area contributed by atoms with Crippen molar-refractivity contribution in [3.63, 3.8) is 0 Å². The zero-order valence-corrected chi connectivity index (χ0v) is 12.8. The molecule has 2 aromatic rings. The van der Waals surface area contributed by atoms with Crippen LogP contribution in [-0.2, 0) is 9.53 Å². The first-order valence-electron chi connectivity index (χ1n) is 6.80. The lowest BCUT2D eigenvalue weighted by atomic mass is 10.1. The number of methoxy groups -OCH3 is 3. The smallest absolute Gasteiger partial charge is 0.332 e. The third kappa shape index (κ3) is 3.69. The Labute approximate surface area is 129 Å². The molecule has 1 atom stereocenters. The average molecular weight is 301 g/mol. The standard InChI is InChI=1S/C17H19NO4/c1-20-14-8-4-12(5-9-14)16(17(19)22-3)18-13-6-10-15(21-2)11-7-13/h4-11,16,18H,1-3H3. The molecule has 1 N–H and O–H groups in total. The Balaban J connectivity index is 2.22. The van der Waals surface area contributed by atoms with Crippen molar-refractivity contribution in [2.45, 2.75) is 6.04 Å². The molecule has 0 spiro atoms. The van der Waals surface area contributed by atoms with Gasteiger partial charge in [0.15, 0.2) is 6.04 Å². The molecule has 0 bridgehead atoms. The van der Waals surface area contributed by atoms with Gasteiger partial charge in [-0.1, -0.05) is 12.1 Å². The van der Waals surface area contributed by atoms with Gasteiger partial charge in [0.05, 0.1) is 21.3 Å². The molecule has 2 rings (SSSR count). The zero-order valence-electron chi connectivity index (χ0n) is 12.8. The summed E-state index contributed by atoms with van der Waals surface area (Å²) in [6.45, 7) is 0. The van der Waals surface area contributed by atoms with Crippen molar-refractivity contribution in [1.29, 1.82) is 0 Å². The van der Waals surface area contributed by atoms with Gasteiger partial charge in [-0.2, -0.15) is 0 Å². The number of esters is 1. The Bertz CT molecular complexity index is 608. The molecular weight excluding hydrogens is 282 g/mol. The molecular formula is C17H19NO4. The molecule has 0 saturated carbocycles. The van der Waals surface area contributed by atoms with Crippen LogP contribution in [0.4, 0.5) is 5.69 Å². The molecule has 0 heterocycles. The number of carbonyl (C=O) groups excluding carboxylic acids is 1. The second-order valence-electron chi connectivity index (χ2n) is 4.60. The van der Waals surface area contributed by atoms with Gasteiger partial charge in [0.2, 0.25) is 0 Å². The van der Waals surface area contributed by atoms with Crippen LogP contribution in [0.2, 0.25) is 0 Å². The largest absolute Gasteiger partial charge is 0.497 e. The van der Waals surface area contributed by atoms with Crippen LogP contribution >= 0.6 is 0 Å². The Morgan fingerprint density at radius 3 is 1.82 bits per heavy atom. The fourth-order valence-electron chi connectivity index (χ4n) is 2.05. The number of rotatable bonds is 6. The lowest BCUT2D eigenvalue weighted by Crippen LogP contribution is -2.22. The van der Waals surface area contributed by atoms with Crippen LogP contribution in [0, 0.1) is 0 Å². The van der Waals surface area contributed by atoms with Crippen molar-refractivity contribution in [1.82, 2.24) is 0 Å². The van der Waals surface area contributed by atoms with E-state index in [1.165, 1.54) is 7.11 Å². The van der Waals surface area contributed by atoms with E-state index in [9.17, 15) is 4.79 Å². The third-order valence-electron chi connectivity index (χ3n) is 3.29. The maximum atomic E-state index is 12.1. The first kappa shape index (κ1) is 15.7. The van der Waals surface area contributed by atoms with Crippen molar-refractivity contribution in [3.8, 4) is 11.5 Å². The van der Waals surface area contributed by atoms with Gasteiger partial charge in [0.1, 0.15) is 11.5 Å². The van der Waals surface area contributed by atoms with Gasteiger partial charge in [-0.25, -0.2) is 4.79 Å². The predicted molar refractivity (Wildman–Crippen MR) is 84.4 cm³/mol. The summed E-state index contributed by atoms with van der Waals surface area (Å²) in [6.07, 6.45) is 0. The number of hydrogen-bond acceptors (Lipinski definition) is 5. The SMILES string of the molecule is COC(=O)C(Nc1ccc(OC)cc1)c1ccc(OC)cc1. The van der Waals surface area contributed by atoms with E-state index in [-0.39, 0.29) is 5.97 Å². The maximum Gasteiger partial charge on any atom is 0.332 e. The Morgan fingerprint density at radius 2 is 1.36 bits per heavy atom. The van der Waals surface area contributed by atoms with E-state index in [2.05, 4.69) is 5.32 Å². The van der Waals surface area contributed by atoms with Crippen LogP contribution in [0.5, 0.6) is 11.5 Å². The monoisotopic (exact) mass is 301 g/mol. The van der Waals surface area contributed by atoms with Crippen LogP contribution < -0.4 is 14.8 Å². The van der Waals surface area contributed by atoms with Crippen molar-refractivity contribution < 1.29 is 19.0 Å². The number of nitrogens with one attached hydrogen (secondary N) is 1. The summed E-state index contributed by atoms with van der Waals surface area (Å²) >= 11 is 0. The van der Waals surface area contributed by atoms with Gasteiger partial charge >= 0.3 is 5.97 Å². The number of carbonyl (C=O) groups is 1. The Kier molecular flexibility index (Phi) is 5.25. The van der Waals surface area contributed by atoms with Gasteiger partial charge in [0.25, 0.3) is 0 Å². The summed E-state index contributed by atoms with van der Waals surface area (Å²) in [5.41, 5.74) is 1.59. The van der Waals surface area contributed by atoms with Crippen LogP contribution in [0.1, 0.15) is 11.6 Å². The predicted octanol–water partition coefficient (Wildman–Crippen LogP) is 3.03. The highest BCUT2D eigenvalue weighted by Gasteiger charge is 2.21. The minimum Gasteiger partial charge on any atom is -0.497 e. The molecule has 0 aliphatic heterocycles. The molecule has 2 aromatic carbocycles. The van der Waals surface area contributed by atoms with E-state index in [4.69, 9.17) is 14.2 Å². The van der Waals surface area contributed by atoms with Crippen molar-refractivity contribution in [2.24, 2.45) is 0 Å². The molecule has 0 aromatic heterocycles. The quantitative estimate of drug-likeness (QED) is 0.831. The molecule has 0 aliphatic rings. The number of hydrogen-bond donors (Lipinski definition) is 1. The van der Waals surface area contributed by atoms with E-state index in [1.54, 1.807) is 26.4 Å². The number of benzene rings is 2. The van der Waals surface area contributed by atoms with Gasteiger partial charge in [-0.3, -0.25) is 0 Å². The Morgan fingerprint density at radius 1 is 0.864 bits per heavy atom.